The van der Waals surface area contributed by atoms with Crippen molar-refractivity contribution in [2.75, 3.05) is 10.6 Å². The number of carbonyl (C=O) groups is 2. The van der Waals surface area contributed by atoms with Gasteiger partial charge in [0, 0.05) is 22.5 Å². The second kappa shape index (κ2) is 7.09. The Morgan fingerprint density at radius 1 is 0.963 bits per heavy atom. The molecule has 2 amide bonds. The third-order valence-corrected chi connectivity index (χ3v) is 4.61. The molecular formula is C22H15ClN2O2. The highest BCUT2D eigenvalue weighted by molar-refractivity contribution is 6.35. The van der Waals surface area contributed by atoms with E-state index in [0.717, 1.165) is 16.8 Å². The van der Waals surface area contributed by atoms with Crippen molar-refractivity contribution in [1.29, 1.82) is 0 Å². The van der Waals surface area contributed by atoms with Crippen molar-refractivity contribution in [3.05, 3.63) is 94.5 Å². The van der Waals surface area contributed by atoms with Crippen LogP contribution in [-0.2, 0) is 4.79 Å². The van der Waals surface area contributed by atoms with Crippen LogP contribution in [0.1, 0.15) is 21.5 Å². The summed E-state index contributed by atoms with van der Waals surface area (Å²) in [7, 11) is 0. The fourth-order valence-corrected chi connectivity index (χ4v) is 3.22. The number of rotatable bonds is 3. The molecule has 0 aromatic heterocycles. The van der Waals surface area contributed by atoms with Gasteiger partial charge in [0.2, 0.25) is 0 Å². The standard InChI is InChI=1S/C22H15ClN2O2/c23-19-10-3-1-9-17(19)21(26)24-15-7-5-6-14(12-15)13-18-16-8-2-4-11-20(16)25-22(18)27/h1-13H,(H,24,26)(H,25,27)/b18-13-. The van der Waals surface area contributed by atoms with Crippen molar-refractivity contribution in [2.45, 2.75) is 0 Å². The van der Waals surface area contributed by atoms with Gasteiger partial charge in [-0.15, -0.1) is 0 Å². The van der Waals surface area contributed by atoms with Gasteiger partial charge in [0.05, 0.1) is 10.6 Å². The topological polar surface area (TPSA) is 58.2 Å². The van der Waals surface area contributed by atoms with Crippen molar-refractivity contribution < 1.29 is 9.59 Å². The van der Waals surface area contributed by atoms with Crippen LogP contribution in [0.15, 0.2) is 72.8 Å². The Balaban J connectivity index is 1.61. The number of hydrogen-bond acceptors (Lipinski definition) is 2. The average molecular weight is 375 g/mol. The molecule has 1 heterocycles. The number of anilines is 2. The molecule has 0 radical (unpaired) electrons. The lowest BCUT2D eigenvalue weighted by Crippen LogP contribution is -2.12. The zero-order chi connectivity index (χ0) is 18.8. The van der Waals surface area contributed by atoms with Gasteiger partial charge >= 0.3 is 0 Å². The van der Waals surface area contributed by atoms with E-state index in [1.807, 2.05) is 48.5 Å². The van der Waals surface area contributed by atoms with Crippen LogP contribution >= 0.6 is 11.6 Å². The first-order chi connectivity index (χ1) is 13.1. The van der Waals surface area contributed by atoms with Crippen LogP contribution in [0.25, 0.3) is 11.6 Å². The monoisotopic (exact) mass is 374 g/mol. The molecule has 0 fully saturated rings. The highest BCUT2D eigenvalue weighted by Crippen LogP contribution is 2.33. The number of amides is 2. The van der Waals surface area contributed by atoms with Crippen molar-refractivity contribution in [1.82, 2.24) is 0 Å². The summed E-state index contributed by atoms with van der Waals surface area (Å²) < 4.78 is 0. The van der Waals surface area contributed by atoms with Gasteiger partial charge in [0.15, 0.2) is 0 Å². The van der Waals surface area contributed by atoms with Crippen LogP contribution in [0.4, 0.5) is 11.4 Å². The predicted octanol–water partition coefficient (Wildman–Crippen LogP) is 5.09. The number of nitrogens with one attached hydrogen (secondary N) is 2. The summed E-state index contributed by atoms with van der Waals surface area (Å²) in [5.41, 5.74) is 4.12. The summed E-state index contributed by atoms with van der Waals surface area (Å²) >= 11 is 6.08. The quantitative estimate of drug-likeness (QED) is 0.628. The van der Waals surface area contributed by atoms with Crippen molar-refractivity contribution in [2.24, 2.45) is 0 Å². The summed E-state index contributed by atoms with van der Waals surface area (Å²) in [6.45, 7) is 0. The number of carbonyl (C=O) groups excluding carboxylic acids is 2. The van der Waals surface area contributed by atoms with Crippen LogP contribution in [0, 0.1) is 0 Å². The molecule has 0 aliphatic carbocycles. The minimum Gasteiger partial charge on any atom is -0.322 e. The largest absolute Gasteiger partial charge is 0.322 e. The molecule has 0 saturated carbocycles. The molecule has 4 nitrogen and oxygen atoms in total. The number of halogens is 1. The Morgan fingerprint density at radius 3 is 2.59 bits per heavy atom. The average Bonchev–Trinajstić information content (AvgIpc) is 2.98. The normalized spacial score (nSPS) is 14.0. The second-order valence-corrected chi connectivity index (χ2v) is 6.52. The first-order valence-electron chi connectivity index (χ1n) is 8.40. The predicted molar refractivity (Wildman–Crippen MR) is 109 cm³/mol. The Morgan fingerprint density at radius 2 is 1.74 bits per heavy atom. The van der Waals surface area contributed by atoms with Gasteiger partial charge in [-0.25, -0.2) is 0 Å². The minimum absolute atomic E-state index is 0.137. The van der Waals surface area contributed by atoms with Crippen LogP contribution in [0.5, 0.6) is 0 Å². The molecule has 3 aromatic rings. The lowest BCUT2D eigenvalue weighted by atomic mass is 10.0. The molecule has 132 valence electrons. The summed E-state index contributed by atoms with van der Waals surface area (Å²) in [6, 6.07) is 21.7. The Bertz CT molecular complexity index is 1090. The number of para-hydroxylation sites is 1. The zero-order valence-electron chi connectivity index (χ0n) is 14.2. The zero-order valence-corrected chi connectivity index (χ0v) is 15.0. The van der Waals surface area contributed by atoms with Crippen molar-refractivity contribution in [3.8, 4) is 0 Å². The third-order valence-electron chi connectivity index (χ3n) is 4.28. The van der Waals surface area contributed by atoms with Crippen molar-refractivity contribution >= 4 is 46.4 Å². The van der Waals surface area contributed by atoms with Gasteiger partial charge in [-0.1, -0.05) is 54.1 Å². The molecule has 0 spiro atoms. The summed E-state index contributed by atoms with van der Waals surface area (Å²) in [4.78, 5) is 24.7. The van der Waals surface area contributed by atoms with E-state index in [9.17, 15) is 9.59 Å². The van der Waals surface area contributed by atoms with E-state index in [0.29, 0.717) is 21.8 Å². The van der Waals surface area contributed by atoms with E-state index in [1.54, 1.807) is 30.3 Å². The van der Waals surface area contributed by atoms with E-state index < -0.39 is 0 Å². The molecule has 2 N–H and O–H groups in total. The summed E-state index contributed by atoms with van der Waals surface area (Å²) in [5, 5.41) is 6.09. The minimum atomic E-state index is -0.283. The molecule has 0 unspecified atom stereocenters. The molecule has 0 saturated heterocycles. The van der Waals surface area contributed by atoms with Crippen LogP contribution in [-0.4, -0.2) is 11.8 Å². The molecule has 1 aliphatic heterocycles. The molecule has 27 heavy (non-hydrogen) atoms. The smallest absolute Gasteiger partial charge is 0.257 e. The van der Waals surface area contributed by atoms with Crippen LogP contribution in [0.2, 0.25) is 5.02 Å². The Hall–Kier alpha value is -3.37. The van der Waals surface area contributed by atoms with Crippen molar-refractivity contribution in [3.63, 3.8) is 0 Å². The number of benzene rings is 3. The molecule has 1 aliphatic rings. The van der Waals surface area contributed by atoms with Gasteiger partial charge in [0.25, 0.3) is 11.8 Å². The first-order valence-corrected chi connectivity index (χ1v) is 8.78. The number of fused-ring (bicyclic) bond motifs is 1. The maximum atomic E-state index is 12.4. The van der Waals surface area contributed by atoms with Gasteiger partial charge in [-0.05, 0) is 42.0 Å². The maximum absolute atomic E-state index is 12.4. The second-order valence-electron chi connectivity index (χ2n) is 6.12. The summed E-state index contributed by atoms with van der Waals surface area (Å²) in [5.74, 6) is -0.420. The van der Waals surface area contributed by atoms with E-state index in [2.05, 4.69) is 10.6 Å². The van der Waals surface area contributed by atoms with Gasteiger partial charge in [-0.2, -0.15) is 0 Å². The fourth-order valence-electron chi connectivity index (χ4n) is 3.00. The van der Waals surface area contributed by atoms with Gasteiger partial charge < -0.3 is 10.6 Å². The van der Waals surface area contributed by atoms with E-state index in [-0.39, 0.29) is 11.8 Å². The fraction of sp³-hybridized carbons (Fsp3) is 0. The van der Waals surface area contributed by atoms with Gasteiger partial charge in [0.1, 0.15) is 0 Å². The molecular weight excluding hydrogens is 360 g/mol. The lowest BCUT2D eigenvalue weighted by Gasteiger charge is -2.07. The maximum Gasteiger partial charge on any atom is 0.257 e. The SMILES string of the molecule is O=C1Nc2ccccc2/C1=C/c1cccc(NC(=O)c2ccccc2Cl)c1. The molecule has 0 atom stereocenters. The molecule has 4 rings (SSSR count). The van der Waals surface area contributed by atoms with Gasteiger partial charge in [-0.3, -0.25) is 9.59 Å². The highest BCUT2D eigenvalue weighted by Gasteiger charge is 2.23. The third kappa shape index (κ3) is 3.48. The van der Waals surface area contributed by atoms with Crippen LogP contribution < -0.4 is 10.6 Å². The number of hydrogen-bond donors (Lipinski definition) is 2. The summed E-state index contributed by atoms with van der Waals surface area (Å²) in [6.07, 6.45) is 1.81. The van der Waals surface area contributed by atoms with E-state index in [1.165, 1.54) is 0 Å². The lowest BCUT2D eigenvalue weighted by molar-refractivity contribution is -0.110. The first kappa shape index (κ1) is 17.1. The Labute approximate surface area is 161 Å². The molecule has 5 heteroatoms. The van der Waals surface area contributed by atoms with E-state index in [4.69, 9.17) is 11.6 Å². The Kier molecular flexibility index (Phi) is 4.48. The highest BCUT2D eigenvalue weighted by atomic mass is 35.5. The van der Waals surface area contributed by atoms with E-state index >= 15 is 0 Å². The molecule has 0 bridgehead atoms. The molecule has 3 aromatic carbocycles. The van der Waals surface area contributed by atoms with Crippen LogP contribution in [0.3, 0.4) is 0 Å².